The molecule has 1 heterocycles. The van der Waals surface area contributed by atoms with Crippen LogP contribution in [-0.2, 0) is 12.8 Å². The van der Waals surface area contributed by atoms with Crippen LogP contribution in [0.5, 0.6) is 5.75 Å². The van der Waals surface area contributed by atoms with Gasteiger partial charge in [-0.05, 0) is 68.5 Å². The number of rotatable bonds is 5. The first-order chi connectivity index (χ1) is 9.81. The summed E-state index contributed by atoms with van der Waals surface area (Å²) in [5, 5.41) is 10.1. The van der Waals surface area contributed by atoms with Crippen molar-refractivity contribution in [3.63, 3.8) is 0 Å². The highest BCUT2D eigenvalue weighted by molar-refractivity contribution is 5.38. The molecule has 1 aromatic rings. The number of β-amino-alcohol motifs (C(OH)–C–C–N with tert-alkyl or cyclic N) is 1. The lowest BCUT2D eigenvalue weighted by Crippen LogP contribution is -2.38. The van der Waals surface area contributed by atoms with Crippen LogP contribution >= 0.6 is 0 Å². The van der Waals surface area contributed by atoms with Crippen LogP contribution in [0.15, 0.2) is 18.2 Å². The third-order valence-electron chi connectivity index (χ3n) is 4.43. The predicted molar refractivity (Wildman–Crippen MR) is 80.3 cm³/mol. The quantitative estimate of drug-likeness (QED) is 0.895. The van der Waals surface area contributed by atoms with E-state index in [2.05, 4.69) is 17.0 Å². The summed E-state index contributed by atoms with van der Waals surface area (Å²) in [4.78, 5) is 2.35. The first kappa shape index (κ1) is 13.9. The summed E-state index contributed by atoms with van der Waals surface area (Å²) in [6.07, 6.45) is 7.10. The van der Waals surface area contributed by atoms with Crippen molar-refractivity contribution in [3.8, 4) is 5.75 Å². The molecule has 3 rings (SSSR count). The van der Waals surface area contributed by atoms with E-state index in [1.165, 1.54) is 49.7 Å². The van der Waals surface area contributed by atoms with Crippen molar-refractivity contribution < 1.29 is 9.84 Å². The highest BCUT2D eigenvalue weighted by Crippen LogP contribution is 2.26. The van der Waals surface area contributed by atoms with Gasteiger partial charge in [0.15, 0.2) is 0 Å². The summed E-state index contributed by atoms with van der Waals surface area (Å²) < 4.78 is 5.76. The molecule has 110 valence electrons. The molecule has 0 unspecified atom stereocenters. The Morgan fingerprint density at radius 3 is 2.70 bits per heavy atom. The van der Waals surface area contributed by atoms with Crippen LogP contribution in [0.4, 0.5) is 0 Å². The summed E-state index contributed by atoms with van der Waals surface area (Å²) in [5.41, 5.74) is 2.89. The van der Waals surface area contributed by atoms with Gasteiger partial charge < -0.3 is 14.7 Å². The number of nitrogens with zero attached hydrogens (tertiary/aromatic N) is 1. The van der Waals surface area contributed by atoms with E-state index < -0.39 is 0 Å². The molecule has 1 N–H and O–H groups in total. The van der Waals surface area contributed by atoms with Gasteiger partial charge in [0.2, 0.25) is 0 Å². The Balaban J connectivity index is 1.46. The van der Waals surface area contributed by atoms with Crippen molar-refractivity contribution in [2.24, 2.45) is 0 Å². The Bertz CT molecular complexity index is 441. The van der Waals surface area contributed by atoms with Crippen LogP contribution in [0, 0.1) is 0 Å². The average molecular weight is 275 g/mol. The number of aliphatic hydroxyl groups excluding tert-OH is 1. The number of hydrogen-bond donors (Lipinski definition) is 1. The topological polar surface area (TPSA) is 32.7 Å². The Labute approximate surface area is 121 Å². The molecule has 0 amide bonds. The third kappa shape index (κ3) is 3.53. The SMILES string of the molecule is O[C@H](COc1ccc2c(c1)CCC2)CN1CCCCC1. The van der Waals surface area contributed by atoms with Gasteiger partial charge in [-0.3, -0.25) is 0 Å². The van der Waals surface area contributed by atoms with E-state index in [4.69, 9.17) is 4.74 Å². The smallest absolute Gasteiger partial charge is 0.119 e. The second-order valence-corrected chi connectivity index (χ2v) is 6.11. The Morgan fingerprint density at radius 1 is 1.05 bits per heavy atom. The molecule has 1 aromatic carbocycles. The van der Waals surface area contributed by atoms with Crippen molar-refractivity contribution in [2.45, 2.75) is 44.6 Å². The molecule has 1 fully saturated rings. The molecule has 2 aliphatic rings. The second kappa shape index (κ2) is 6.59. The molecule has 3 nitrogen and oxygen atoms in total. The molecule has 20 heavy (non-hydrogen) atoms. The predicted octanol–water partition coefficient (Wildman–Crippen LogP) is 2.40. The number of fused-ring (bicyclic) bond motifs is 1. The highest BCUT2D eigenvalue weighted by Gasteiger charge is 2.16. The number of likely N-dealkylation sites (tertiary alicyclic amines) is 1. The highest BCUT2D eigenvalue weighted by atomic mass is 16.5. The van der Waals surface area contributed by atoms with Crippen molar-refractivity contribution in [1.29, 1.82) is 0 Å². The Hall–Kier alpha value is -1.06. The fourth-order valence-corrected chi connectivity index (χ4v) is 3.32. The average Bonchev–Trinajstić information content (AvgIpc) is 2.93. The number of benzene rings is 1. The van der Waals surface area contributed by atoms with Gasteiger partial charge in [0.05, 0.1) is 0 Å². The van der Waals surface area contributed by atoms with Gasteiger partial charge in [-0.15, -0.1) is 0 Å². The number of piperidine rings is 1. The van der Waals surface area contributed by atoms with Gasteiger partial charge >= 0.3 is 0 Å². The summed E-state index contributed by atoms with van der Waals surface area (Å²) in [5.74, 6) is 0.906. The molecular formula is C17H25NO2. The van der Waals surface area contributed by atoms with Crippen LogP contribution in [0.25, 0.3) is 0 Å². The van der Waals surface area contributed by atoms with Crippen LogP contribution in [0.3, 0.4) is 0 Å². The largest absolute Gasteiger partial charge is 0.491 e. The molecule has 0 saturated carbocycles. The number of hydrogen-bond acceptors (Lipinski definition) is 3. The lowest BCUT2D eigenvalue weighted by Gasteiger charge is -2.28. The normalized spacial score (nSPS) is 20.6. The molecule has 1 saturated heterocycles. The van der Waals surface area contributed by atoms with Crippen molar-refractivity contribution in [3.05, 3.63) is 29.3 Å². The van der Waals surface area contributed by atoms with E-state index in [1.54, 1.807) is 0 Å². The summed E-state index contributed by atoms with van der Waals surface area (Å²) in [6, 6.07) is 6.36. The Morgan fingerprint density at radius 2 is 1.85 bits per heavy atom. The minimum atomic E-state index is -0.388. The maximum atomic E-state index is 10.1. The van der Waals surface area contributed by atoms with Gasteiger partial charge in [-0.2, -0.15) is 0 Å². The summed E-state index contributed by atoms with van der Waals surface area (Å²) in [6.45, 7) is 3.38. The van der Waals surface area contributed by atoms with E-state index in [1.807, 2.05) is 6.07 Å². The summed E-state index contributed by atoms with van der Waals surface area (Å²) in [7, 11) is 0. The van der Waals surface area contributed by atoms with Crippen LogP contribution in [0.2, 0.25) is 0 Å². The maximum Gasteiger partial charge on any atom is 0.119 e. The summed E-state index contributed by atoms with van der Waals surface area (Å²) >= 11 is 0. The lowest BCUT2D eigenvalue weighted by molar-refractivity contribution is 0.0617. The molecule has 1 aliphatic carbocycles. The van der Waals surface area contributed by atoms with Crippen LogP contribution in [0.1, 0.15) is 36.8 Å². The number of ether oxygens (including phenoxy) is 1. The van der Waals surface area contributed by atoms with Crippen LogP contribution < -0.4 is 4.74 Å². The van der Waals surface area contributed by atoms with Crippen molar-refractivity contribution in [1.82, 2.24) is 4.90 Å². The second-order valence-electron chi connectivity index (χ2n) is 6.11. The van der Waals surface area contributed by atoms with E-state index in [-0.39, 0.29) is 6.10 Å². The first-order valence-electron chi connectivity index (χ1n) is 7.96. The lowest BCUT2D eigenvalue weighted by atomic mass is 10.1. The molecule has 1 aliphatic heterocycles. The van der Waals surface area contributed by atoms with E-state index in [9.17, 15) is 5.11 Å². The van der Waals surface area contributed by atoms with Gasteiger partial charge in [-0.25, -0.2) is 0 Å². The first-order valence-corrected chi connectivity index (χ1v) is 7.96. The Kier molecular flexibility index (Phi) is 4.58. The zero-order chi connectivity index (χ0) is 13.8. The maximum absolute atomic E-state index is 10.1. The molecule has 0 radical (unpaired) electrons. The van der Waals surface area contributed by atoms with E-state index in [0.29, 0.717) is 6.61 Å². The zero-order valence-electron chi connectivity index (χ0n) is 12.2. The fourth-order valence-electron chi connectivity index (χ4n) is 3.32. The zero-order valence-corrected chi connectivity index (χ0v) is 12.2. The number of aliphatic hydroxyl groups is 1. The minimum Gasteiger partial charge on any atom is -0.491 e. The third-order valence-corrected chi connectivity index (χ3v) is 4.43. The van der Waals surface area contributed by atoms with Gasteiger partial charge in [0.25, 0.3) is 0 Å². The van der Waals surface area contributed by atoms with Gasteiger partial charge in [-0.1, -0.05) is 12.5 Å². The molecule has 1 atom stereocenters. The fraction of sp³-hybridized carbons (Fsp3) is 0.647. The minimum absolute atomic E-state index is 0.388. The van der Waals surface area contributed by atoms with Crippen LogP contribution in [-0.4, -0.2) is 42.4 Å². The molecular weight excluding hydrogens is 250 g/mol. The van der Waals surface area contributed by atoms with E-state index in [0.717, 1.165) is 25.4 Å². The monoisotopic (exact) mass is 275 g/mol. The molecule has 3 heteroatoms. The molecule has 0 spiro atoms. The molecule has 0 aromatic heterocycles. The van der Waals surface area contributed by atoms with Crippen molar-refractivity contribution in [2.75, 3.05) is 26.2 Å². The van der Waals surface area contributed by atoms with Gasteiger partial charge in [0.1, 0.15) is 18.5 Å². The molecule has 0 bridgehead atoms. The van der Waals surface area contributed by atoms with Crippen molar-refractivity contribution >= 4 is 0 Å². The van der Waals surface area contributed by atoms with E-state index >= 15 is 0 Å². The number of aryl methyl sites for hydroxylation is 2. The van der Waals surface area contributed by atoms with Gasteiger partial charge in [0, 0.05) is 6.54 Å². The standard InChI is InChI=1S/C17H25NO2/c19-16(12-18-9-2-1-3-10-18)13-20-17-8-7-14-5-4-6-15(14)11-17/h7-8,11,16,19H,1-6,9-10,12-13H2/t16-/m0/s1.